The van der Waals surface area contributed by atoms with Gasteiger partial charge in [0.05, 0.1) is 6.61 Å². The van der Waals surface area contributed by atoms with Crippen LogP contribution in [0.3, 0.4) is 0 Å². The Morgan fingerprint density at radius 1 is 1.12 bits per heavy atom. The van der Waals surface area contributed by atoms with E-state index in [1.165, 1.54) is 19.3 Å². The second-order valence-corrected chi connectivity index (χ2v) is 3.89. The average molecular weight is 232 g/mol. The molecular weight excluding hydrogens is 212 g/mol. The van der Waals surface area contributed by atoms with Gasteiger partial charge in [-0.15, -0.1) is 0 Å². The molecule has 92 valence electrons. The summed E-state index contributed by atoms with van der Waals surface area (Å²) in [5.41, 5.74) is 0.900. The number of hydrogen-bond donors (Lipinski definition) is 1. The summed E-state index contributed by atoms with van der Waals surface area (Å²) in [5.74, 6) is 6.35. The molecule has 1 N–H and O–H groups in total. The zero-order valence-electron chi connectivity index (χ0n) is 10.4. The molecule has 0 fully saturated rings. The molecule has 0 unspecified atom stereocenters. The fraction of sp³-hybridized carbons (Fsp3) is 0.467. The zero-order valence-corrected chi connectivity index (χ0v) is 10.4. The van der Waals surface area contributed by atoms with Crippen molar-refractivity contribution in [2.24, 2.45) is 0 Å². The predicted octanol–water partition coefficient (Wildman–Crippen LogP) is 2.99. The molecule has 0 heterocycles. The van der Waals surface area contributed by atoms with Crippen LogP contribution in [-0.4, -0.2) is 18.3 Å². The summed E-state index contributed by atoms with van der Waals surface area (Å²) in [6.45, 7) is 2.88. The van der Waals surface area contributed by atoms with Crippen molar-refractivity contribution in [3.05, 3.63) is 29.8 Å². The number of ether oxygens (including phenoxy) is 1. The fourth-order valence-electron chi connectivity index (χ4n) is 1.49. The Morgan fingerprint density at radius 3 is 2.53 bits per heavy atom. The van der Waals surface area contributed by atoms with Crippen molar-refractivity contribution in [2.45, 2.75) is 32.6 Å². The number of benzene rings is 1. The third kappa shape index (κ3) is 5.99. The highest BCUT2D eigenvalue weighted by atomic mass is 16.5. The SMILES string of the molecule is CCCCCCOc1ccc(C#CCO)cc1. The van der Waals surface area contributed by atoms with Crippen molar-refractivity contribution < 1.29 is 9.84 Å². The van der Waals surface area contributed by atoms with Gasteiger partial charge in [0.15, 0.2) is 0 Å². The number of rotatable bonds is 6. The van der Waals surface area contributed by atoms with Crippen molar-refractivity contribution in [2.75, 3.05) is 13.2 Å². The van der Waals surface area contributed by atoms with Gasteiger partial charge >= 0.3 is 0 Å². The van der Waals surface area contributed by atoms with Crippen LogP contribution in [0.4, 0.5) is 0 Å². The molecule has 0 aliphatic rings. The molecule has 0 amide bonds. The van der Waals surface area contributed by atoms with Crippen LogP contribution < -0.4 is 4.74 Å². The van der Waals surface area contributed by atoms with E-state index in [9.17, 15) is 0 Å². The summed E-state index contributed by atoms with van der Waals surface area (Å²) in [6.07, 6.45) is 4.87. The quantitative estimate of drug-likeness (QED) is 0.603. The number of aliphatic hydroxyl groups is 1. The minimum atomic E-state index is -0.102. The molecule has 2 heteroatoms. The average Bonchev–Trinajstić information content (AvgIpc) is 2.37. The Kier molecular flexibility index (Phi) is 6.93. The molecule has 0 bridgehead atoms. The van der Waals surface area contributed by atoms with Crippen LogP contribution in [-0.2, 0) is 0 Å². The fourth-order valence-corrected chi connectivity index (χ4v) is 1.49. The van der Waals surface area contributed by atoms with Gasteiger partial charge in [-0.2, -0.15) is 0 Å². The van der Waals surface area contributed by atoms with Crippen LogP contribution in [0.2, 0.25) is 0 Å². The van der Waals surface area contributed by atoms with E-state index in [-0.39, 0.29) is 6.61 Å². The first-order valence-corrected chi connectivity index (χ1v) is 6.19. The highest BCUT2D eigenvalue weighted by molar-refractivity contribution is 5.38. The predicted molar refractivity (Wildman–Crippen MR) is 70.0 cm³/mol. The molecule has 17 heavy (non-hydrogen) atoms. The molecule has 1 aromatic rings. The van der Waals surface area contributed by atoms with E-state index < -0.39 is 0 Å². The van der Waals surface area contributed by atoms with Crippen molar-refractivity contribution in [3.63, 3.8) is 0 Å². The normalized spacial score (nSPS) is 9.53. The smallest absolute Gasteiger partial charge is 0.119 e. The largest absolute Gasteiger partial charge is 0.494 e. The molecule has 1 rings (SSSR count). The Bertz CT molecular complexity index is 357. The third-order valence-electron chi connectivity index (χ3n) is 2.43. The lowest BCUT2D eigenvalue weighted by molar-refractivity contribution is 0.305. The second kappa shape index (κ2) is 8.66. The van der Waals surface area contributed by atoms with Gasteiger partial charge in [-0.05, 0) is 30.7 Å². The molecule has 0 aliphatic carbocycles. The standard InChI is InChI=1S/C15H20O2/c1-2-3-4-5-13-17-15-10-8-14(9-11-15)7-6-12-16/h8-11,16H,2-5,12-13H2,1H3. The van der Waals surface area contributed by atoms with E-state index in [2.05, 4.69) is 18.8 Å². The summed E-state index contributed by atoms with van der Waals surface area (Å²) >= 11 is 0. The molecule has 0 aliphatic heterocycles. The molecule has 1 aromatic carbocycles. The number of aliphatic hydroxyl groups excluding tert-OH is 1. The summed E-state index contributed by atoms with van der Waals surface area (Å²) < 4.78 is 5.61. The molecule has 2 nitrogen and oxygen atoms in total. The topological polar surface area (TPSA) is 29.5 Å². The van der Waals surface area contributed by atoms with Crippen molar-refractivity contribution in [3.8, 4) is 17.6 Å². The van der Waals surface area contributed by atoms with Crippen LogP contribution in [0, 0.1) is 11.8 Å². The summed E-state index contributed by atoms with van der Waals surface area (Å²) in [5, 5.41) is 8.57. The van der Waals surface area contributed by atoms with Crippen LogP contribution in [0.1, 0.15) is 38.2 Å². The lowest BCUT2D eigenvalue weighted by Gasteiger charge is -2.05. The van der Waals surface area contributed by atoms with E-state index in [1.54, 1.807) is 0 Å². The van der Waals surface area contributed by atoms with Crippen molar-refractivity contribution in [1.29, 1.82) is 0 Å². The van der Waals surface area contributed by atoms with Gasteiger partial charge in [-0.1, -0.05) is 38.0 Å². The molecular formula is C15H20O2. The molecule has 0 saturated heterocycles. The highest BCUT2D eigenvalue weighted by Gasteiger charge is 1.94. The Labute approximate surface area is 104 Å². The van der Waals surface area contributed by atoms with Gasteiger partial charge < -0.3 is 9.84 Å². The minimum absolute atomic E-state index is 0.102. The third-order valence-corrected chi connectivity index (χ3v) is 2.43. The van der Waals surface area contributed by atoms with E-state index >= 15 is 0 Å². The van der Waals surface area contributed by atoms with Crippen molar-refractivity contribution in [1.82, 2.24) is 0 Å². The van der Waals surface area contributed by atoms with Crippen molar-refractivity contribution >= 4 is 0 Å². The first kappa shape index (κ1) is 13.6. The zero-order chi connectivity index (χ0) is 12.3. The Hall–Kier alpha value is -1.46. The summed E-state index contributed by atoms with van der Waals surface area (Å²) in [7, 11) is 0. The van der Waals surface area contributed by atoms with Gasteiger partial charge in [0, 0.05) is 5.56 Å². The van der Waals surface area contributed by atoms with Crippen LogP contribution in [0.5, 0.6) is 5.75 Å². The minimum Gasteiger partial charge on any atom is -0.494 e. The van der Waals surface area contributed by atoms with Crippen LogP contribution in [0.25, 0.3) is 0 Å². The highest BCUT2D eigenvalue weighted by Crippen LogP contribution is 2.12. The van der Waals surface area contributed by atoms with E-state index in [0.29, 0.717) is 0 Å². The maximum absolute atomic E-state index is 8.57. The monoisotopic (exact) mass is 232 g/mol. The lowest BCUT2D eigenvalue weighted by atomic mass is 10.2. The number of hydrogen-bond acceptors (Lipinski definition) is 2. The van der Waals surface area contributed by atoms with E-state index in [0.717, 1.165) is 24.3 Å². The van der Waals surface area contributed by atoms with Gasteiger partial charge in [0.1, 0.15) is 12.4 Å². The summed E-state index contributed by atoms with van der Waals surface area (Å²) in [4.78, 5) is 0. The molecule has 0 saturated carbocycles. The first-order valence-electron chi connectivity index (χ1n) is 6.19. The summed E-state index contributed by atoms with van der Waals surface area (Å²) in [6, 6.07) is 7.65. The van der Waals surface area contributed by atoms with E-state index in [4.69, 9.17) is 9.84 Å². The maximum atomic E-state index is 8.57. The van der Waals surface area contributed by atoms with Crippen LogP contribution >= 0.6 is 0 Å². The van der Waals surface area contributed by atoms with Gasteiger partial charge in [0.2, 0.25) is 0 Å². The molecule has 0 spiro atoms. The maximum Gasteiger partial charge on any atom is 0.119 e. The number of unbranched alkanes of at least 4 members (excludes halogenated alkanes) is 3. The van der Waals surface area contributed by atoms with Gasteiger partial charge in [0.25, 0.3) is 0 Å². The Balaban J connectivity index is 2.30. The van der Waals surface area contributed by atoms with Crippen LogP contribution in [0.15, 0.2) is 24.3 Å². The van der Waals surface area contributed by atoms with E-state index in [1.807, 2.05) is 24.3 Å². The molecule has 0 atom stereocenters. The first-order chi connectivity index (χ1) is 8.36. The Morgan fingerprint density at radius 2 is 1.88 bits per heavy atom. The van der Waals surface area contributed by atoms with Gasteiger partial charge in [-0.25, -0.2) is 0 Å². The molecule has 0 radical (unpaired) electrons. The second-order valence-electron chi connectivity index (χ2n) is 3.89. The lowest BCUT2D eigenvalue weighted by Crippen LogP contribution is -1.96. The van der Waals surface area contributed by atoms with Gasteiger partial charge in [-0.3, -0.25) is 0 Å². The molecule has 0 aromatic heterocycles.